The van der Waals surface area contributed by atoms with Gasteiger partial charge in [0.1, 0.15) is 0 Å². The highest BCUT2D eigenvalue weighted by atomic mass is 16.4. The minimum atomic E-state index is -1.00. The Morgan fingerprint density at radius 3 is 2.72 bits per heavy atom. The monoisotopic (exact) mass is 247 g/mol. The lowest BCUT2D eigenvalue weighted by Crippen LogP contribution is -2.27. The topological polar surface area (TPSA) is 57.6 Å². The molecule has 0 saturated heterocycles. The van der Waals surface area contributed by atoms with Crippen LogP contribution in [0.5, 0.6) is 0 Å². The van der Waals surface area contributed by atoms with Crippen molar-refractivity contribution in [2.45, 2.75) is 13.3 Å². The number of amides is 1. The second kappa shape index (κ2) is 6.59. The van der Waals surface area contributed by atoms with Gasteiger partial charge < -0.3 is 10.0 Å². The van der Waals surface area contributed by atoms with Gasteiger partial charge in [-0.3, -0.25) is 4.79 Å². The summed E-state index contributed by atoms with van der Waals surface area (Å²) in [6.07, 6.45) is 3.43. The van der Waals surface area contributed by atoms with Crippen LogP contribution in [0.3, 0.4) is 0 Å². The Hall–Kier alpha value is -2.10. The van der Waals surface area contributed by atoms with E-state index >= 15 is 0 Å². The zero-order valence-electron chi connectivity index (χ0n) is 10.6. The number of hydrogen-bond acceptors (Lipinski definition) is 2. The molecule has 1 aromatic rings. The summed E-state index contributed by atoms with van der Waals surface area (Å²) >= 11 is 0. The van der Waals surface area contributed by atoms with Gasteiger partial charge in [-0.2, -0.15) is 0 Å². The van der Waals surface area contributed by atoms with Crippen molar-refractivity contribution in [3.05, 3.63) is 41.5 Å². The van der Waals surface area contributed by atoms with Gasteiger partial charge >= 0.3 is 5.97 Å². The van der Waals surface area contributed by atoms with Crippen LogP contribution >= 0.6 is 0 Å². The van der Waals surface area contributed by atoms with Crippen LogP contribution in [0.4, 0.5) is 0 Å². The smallest absolute Gasteiger partial charge is 0.328 e. The average Bonchev–Trinajstić information content (AvgIpc) is 2.36. The van der Waals surface area contributed by atoms with Crippen molar-refractivity contribution in [3.8, 4) is 0 Å². The van der Waals surface area contributed by atoms with Gasteiger partial charge in [0.15, 0.2) is 0 Å². The van der Waals surface area contributed by atoms with Gasteiger partial charge in [0, 0.05) is 25.2 Å². The molecular formula is C14H17NO3. The predicted octanol–water partition coefficient (Wildman–Crippen LogP) is 2.27. The van der Waals surface area contributed by atoms with Gasteiger partial charge in [0.25, 0.3) is 5.91 Å². The molecule has 0 aliphatic heterocycles. The summed E-state index contributed by atoms with van der Waals surface area (Å²) in [6.45, 7) is 2.71. The van der Waals surface area contributed by atoms with E-state index in [0.717, 1.165) is 12.5 Å². The fraction of sp³-hybridized carbons (Fsp3) is 0.286. The van der Waals surface area contributed by atoms with Crippen LogP contribution in [0.15, 0.2) is 30.3 Å². The molecule has 4 nitrogen and oxygen atoms in total. The Balaban J connectivity index is 2.88. The summed E-state index contributed by atoms with van der Waals surface area (Å²) in [5.41, 5.74) is 1.27. The zero-order chi connectivity index (χ0) is 13.5. The van der Waals surface area contributed by atoms with Crippen molar-refractivity contribution >= 4 is 18.0 Å². The van der Waals surface area contributed by atoms with Crippen LogP contribution in [0.1, 0.15) is 29.3 Å². The molecule has 4 heteroatoms. The number of benzene rings is 1. The Bertz CT molecular complexity index is 466. The molecule has 0 radical (unpaired) electrons. The first-order valence-corrected chi connectivity index (χ1v) is 5.81. The van der Waals surface area contributed by atoms with Gasteiger partial charge in [-0.15, -0.1) is 0 Å². The predicted molar refractivity (Wildman–Crippen MR) is 70.4 cm³/mol. The Labute approximate surface area is 107 Å². The molecule has 0 fully saturated rings. The molecule has 96 valence electrons. The molecule has 0 aromatic heterocycles. The van der Waals surface area contributed by atoms with E-state index in [0.29, 0.717) is 17.7 Å². The van der Waals surface area contributed by atoms with E-state index in [1.54, 1.807) is 36.2 Å². The first-order chi connectivity index (χ1) is 8.54. The van der Waals surface area contributed by atoms with Crippen molar-refractivity contribution in [3.63, 3.8) is 0 Å². The van der Waals surface area contributed by atoms with Crippen molar-refractivity contribution in [1.82, 2.24) is 4.90 Å². The third-order valence-corrected chi connectivity index (χ3v) is 2.46. The van der Waals surface area contributed by atoms with Gasteiger partial charge in [-0.05, 0) is 30.2 Å². The summed E-state index contributed by atoms with van der Waals surface area (Å²) in [7, 11) is 1.76. The lowest BCUT2D eigenvalue weighted by Gasteiger charge is -2.16. The van der Waals surface area contributed by atoms with Crippen molar-refractivity contribution in [2.24, 2.45) is 0 Å². The fourth-order valence-electron chi connectivity index (χ4n) is 1.60. The maximum absolute atomic E-state index is 12.0. The Morgan fingerprint density at radius 2 is 2.11 bits per heavy atom. The van der Waals surface area contributed by atoms with Crippen LogP contribution in [-0.2, 0) is 4.79 Å². The number of carbonyl (C=O) groups is 2. The highest BCUT2D eigenvalue weighted by Gasteiger charge is 2.10. The van der Waals surface area contributed by atoms with Crippen LogP contribution in [-0.4, -0.2) is 35.5 Å². The molecule has 0 bridgehead atoms. The third kappa shape index (κ3) is 4.05. The van der Waals surface area contributed by atoms with E-state index in [1.165, 1.54) is 6.08 Å². The van der Waals surface area contributed by atoms with E-state index in [1.807, 2.05) is 6.92 Å². The summed E-state index contributed by atoms with van der Waals surface area (Å²) < 4.78 is 0. The SMILES string of the molecule is CCCN(C)C(=O)c1cccc(C=CC(=O)O)c1. The van der Waals surface area contributed by atoms with E-state index in [2.05, 4.69) is 0 Å². The molecule has 1 rings (SSSR count). The Morgan fingerprint density at radius 1 is 1.39 bits per heavy atom. The molecule has 0 saturated carbocycles. The van der Waals surface area contributed by atoms with E-state index < -0.39 is 5.97 Å². The Kier molecular flexibility index (Phi) is 5.11. The van der Waals surface area contributed by atoms with Crippen LogP contribution in [0, 0.1) is 0 Å². The molecule has 1 N–H and O–H groups in total. The maximum Gasteiger partial charge on any atom is 0.328 e. The first-order valence-electron chi connectivity index (χ1n) is 5.81. The maximum atomic E-state index is 12.0. The molecule has 0 unspecified atom stereocenters. The molecule has 0 heterocycles. The van der Waals surface area contributed by atoms with Crippen molar-refractivity contribution in [1.29, 1.82) is 0 Å². The van der Waals surface area contributed by atoms with Crippen LogP contribution < -0.4 is 0 Å². The molecule has 1 aromatic carbocycles. The van der Waals surface area contributed by atoms with Gasteiger partial charge in [-0.25, -0.2) is 4.79 Å². The minimum Gasteiger partial charge on any atom is -0.478 e. The number of carboxylic acids is 1. The quantitative estimate of drug-likeness (QED) is 0.812. The molecule has 0 spiro atoms. The average molecular weight is 247 g/mol. The molecule has 18 heavy (non-hydrogen) atoms. The lowest BCUT2D eigenvalue weighted by molar-refractivity contribution is -0.131. The second-order valence-electron chi connectivity index (χ2n) is 4.02. The highest BCUT2D eigenvalue weighted by molar-refractivity contribution is 5.95. The molecule has 0 aliphatic carbocycles. The number of hydrogen-bond donors (Lipinski definition) is 1. The minimum absolute atomic E-state index is 0.0533. The van der Waals surface area contributed by atoms with E-state index in [9.17, 15) is 9.59 Å². The van der Waals surface area contributed by atoms with Crippen molar-refractivity contribution in [2.75, 3.05) is 13.6 Å². The zero-order valence-corrected chi connectivity index (χ0v) is 10.6. The van der Waals surface area contributed by atoms with Gasteiger partial charge in [0.05, 0.1) is 0 Å². The summed E-state index contributed by atoms with van der Waals surface area (Å²) in [5.74, 6) is -1.06. The number of rotatable bonds is 5. The molecule has 0 aliphatic rings. The molecule has 1 amide bonds. The third-order valence-electron chi connectivity index (χ3n) is 2.46. The van der Waals surface area contributed by atoms with E-state index in [4.69, 9.17) is 5.11 Å². The van der Waals surface area contributed by atoms with Crippen LogP contribution in [0.2, 0.25) is 0 Å². The number of aliphatic carboxylic acids is 1. The largest absolute Gasteiger partial charge is 0.478 e. The summed E-state index contributed by atoms with van der Waals surface area (Å²) in [5, 5.41) is 8.55. The normalized spacial score (nSPS) is 10.6. The van der Waals surface area contributed by atoms with Crippen LogP contribution in [0.25, 0.3) is 6.08 Å². The fourth-order valence-corrected chi connectivity index (χ4v) is 1.60. The molecule has 0 atom stereocenters. The van der Waals surface area contributed by atoms with Gasteiger partial charge in [0.2, 0.25) is 0 Å². The number of carboxylic acid groups (broad SMARTS) is 1. The van der Waals surface area contributed by atoms with Crippen molar-refractivity contribution < 1.29 is 14.7 Å². The number of nitrogens with zero attached hydrogens (tertiary/aromatic N) is 1. The lowest BCUT2D eigenvalue weighted by atomic mass is 10.1. The summed E-state index contributed by atoms with van der Waals surface area (Å²) in [4.78, 5) is 24.1. The van der Waals surface area contributed by atoms with E-state index in [-0.39, 0.29) is 5.91 Å². The first kappa shape index (κ1) is 14.0. The number of carbonyl (C=O) groups excluding carboxylic acids is 1. The standard InChI is InChI=1S/C14H17NO3/c1-3-9-15(2)14(18)12-6-4-5-11(10-12)7-8-13(16)17/h4-8,10H,3,9H2,1-2H3,(H,16,17). The highest BCUT2D eigenvalue weighted by Crippen LogP contribution is 2.09. The van der Waals surface area contributed by atoms with Gasteiger partial charge in [-0.1, -0.05) is 19.1 Å². The molecular weight excluding hydrogens is 230 g/mol. The second-order valence-corrected chi connectivity index (χ2v) is 4.02. The summed E-state index contributed by atoms with van der Waals surface area (Å²) in [6, 6.07) is 6.92.